The van der Waals surface area contributed by atoms with Gasteiger partial charge in [0, 0.05) is 24.3 Å². The van der Waals surface area contributed by atoms with Crippen LogP contribution in [0.4, 0.5) is 18.9 Å². The second-order valence-corrected chi connectivity index (χ2v) is 6.51. The molecule has 3 atom stereocenters. The van der Waals surface area contributed by atoms with E-state index in [1.807, 2.05) is 6.07 Å². The molecule has 1 aromatic carbocycles. The Bertz CT molecular complexity index is 525. The highest BCUT2D eigenvalue weighted by Crippen LogP contribution is 2.42. The maximum atomic E-state index is 13.3. The van der Waals surface area contributed by atoms with Crippen molar-refractivity contribution in [3.8, 4) is 0 Å². The molecule has 0 aromatic heterocycles. The zero-order valence-corrected chi connectivity index (χ0v) is 12.2. The second-order valence-electron chi connectivity index (χ2n) is 6.51. The lowest BCUT2D eigenvalue weighted by atomic mass is 9.99. The average Bonchev–Trinajstić information content (AvgIpc) is 2.99. The first-order chi connectivity index (χ1) is 9.84. The van der Waals surface area contributed by atoms with Gasteiger partial charge in [-0.25, -0.2) is 0 Å². The predicted molar refractivity (Wildman–Crippen MR) is 77.3 cm³/mol. The Morgan fingerprint density at radius 2 is 2.10 bits per heavy atom. The monoisotopic (exact) mass is 298 g/mol. The Morgan fingerprint density at radius 3 is 2.62 bits per heavy atom. The van der Waals surface area contributed by atoms with E-state index in [1.54, 1.807) is 13.0 Å². The van der Waals surface area contributed by atoms with E-state index in [2.05, 4.69) is 4.90 Å². The predicted octanol–water partition coefficient (Wildman–Crippen LogP) is 3.58. The maximum absolute atomic E-state index is 13.3. The molecule has 2 bridgehead atoms. The number of piperidine rings is 1. The van der Waals surface area contributed by atoms with E-state index in [4.69, 9.17) is 5.73 Å². The molecular weight excluding hydrogens is 277 g/mol. The summed E-state index contributed by atoms with van der Waals surface area (Å²) in [5.74, 6) is 0.660. The van der Waals surface area contributed by atoms with Gasteiger partial charge in [-0.05, 0) is 56.2 Å². The third kappa shape index (κ3) is 2.89. The first-order valence-electron chi connectivity index (χ1n) is 7.57. The van der Waals surface area contributed by atoms with Gasteiger partial charge in [-0.2, -0.15) is 13.2 Å². The molecule has 2 nitrogen and oxygen atoms in total. The Labute approximate surface area is 123 Å². The summed E-state index contributed by atoms with van der Waals surface area (Å²) in [7, 11) is 0. The standard InChI is InChI=1S/C16H21F3N2/c1-10(20)6-12-3-5-14(8-15(12)16(17,18)19)21-9-11-2-4-13(21)7-11/h3,5,8,10-11,13H,2,4,6-7,9,20H2,1H3. The van der Waals surface area contributed by atoms with Crippen molar-refractivity contribution in [3.05, 3.63) is 29.3 Å². The van der Waals surface area contributed by atoms with Crippen molar-refractivity contribution in [1.82, 2.24) is 0 Å². The summed E-state index contributed by atoms with van der Waals surface area (Å²) in [6.45, 7) is 2.63. The van der Waals surface area contributed by atoms with Crippen molar-refractivity contribution in [1.29, 1.82) is 0 Å². The lowest BCUT2D eigenvalue weighted by Crippen LogP contribution is -2.32. The summed E-state index contributed by atoms with van der Waals surface area (Å²) in [5, 5.41) is 0. The number of hydrogen-bond acceptors (Lipinski definition) is 2. The average molecular weight is 298 g/mol. The topological polar surface area (TPSA) is 29.3 Å². The number of benzene rings is 1. The third-order valence-electron chi connectivity index (χ3n) is 4.68. The number of halogens is 3. The molecule has 2 N–H and O–H groups in total. The van der Waals surface area contributed by atoms with Crippen LogP contribution in [0.5, 0.6) is 0 Å². The zero-order valence-electron chi connectivity index (χ0n) is 12.2. The molecule has 0 spiro atoms. The van der Waals surface area contributed by atoms with Crippen LogP contribution in [0, 0.1) is 5.92 Å². The van der Waals surface area contributed by atoms with Gasteiger partial charge in [0.25, 0.3) is 0 Å². The van der Waals surface area contributed by atoms with Gasteiger partial charge in [0.1, 0.15) is 0 Å². The molecule has 5 heteroatoms. The molecule has 3 unspecified atom stereocenters. The molecule has 1 aliphatic carbocycles. The van der Waals surface area contributed by atoms with Gasteiger partial charge in [-0.1, -0.05) is 6.07 Å². The van der Waals surface area contributed by atoms with Crippen LogP contribution in [0.25, 0.3) is 0 Å². The fraction of sp³-hybridized carbons (Fsp3) is 0.625. The quantitative estimate of drug-likeness (QED) is 0.924. The number of rotatable bonds is 3. The molecule has 0 amide bonds. The van der Waals surface area contributed by atoms with Crippen molar-refractivity contribution >= 4 is 5.69 Å². The SMILES string of the molecule is CC(N)Cc1ccc(N2CC3CCC2C3)cc1C(F)(F)F. The van der Waals surface area contributed by atoms with Crippen molar-refractivity contribution in [2.45, 2.75) is 50.9 Å². The van der Waals surface area contributed by atoms with Crippen LogP contribution in [0.2, 0.25) is 0 Å². The summed E-state index contributed by atoms with van der Waals surface area (Å²) in [4.78, 5) is 2.15. The summed E-state index contributed by atoms with van der Waals surface area (Å²) in [6, 6.07) is 4.90. The Morgan fingerprint density at radius 1 is 1.33 bits per heavy atom. The second kappa shape index (κ2) is 5.20. The minimum Gasteiger partial charge on any atom is -0.368 e. The summed E-state index contributed by atoms with van der Waals surface area (Å²) in [5.41, 5.74) is 6.15. The van der Waals surface area contributed by atoms with E-state index in [0.29, 0.717) is 23.2 Å². The van der Waals surface area contributed by atoms with Crippen LogP contribution < -0.4 is 10.6 Å². The van der Waals surface area contributed by atoms with Crippen molar-refractivity contribution < 1.29 is 13.2 Å². The van der Waals surface area contributed by atoms with E-state index >= 15 is 0 Å². The first kappa shape index (κ1) is 14.7. The molecular formula is C16H21F3N2. The first-order valence-corrected chi connectivity index (χ1v) is 7.57. The van der Waals surface area contributed by atoms with E-state index in [1.165, 1.54) is 12.5 Å². The Balaban J connectivity index is 1.93. The highest BCUT2D eigenvalue weighted by atomic mass is 19.4. The van der Waals surface area contributed by atoms with Crippen LogP contribution in [-0.2, 0) is 12.6 Å². The van der Waals surface area contributed by atoms with Gasteiger partial charge < -0.3 is 10.6 Å². The maximum Gasteiger partial charge on any atom is 0.416 e. The van der Waals surface area contributed by atoms with Gasteiger partial charge in [0.2, 0.25) is 0 Å². The van der Waals surface area contributed by atoms with Gasteiger partial charge in [-0.15, -0.1) is 0 Å². The number of nitrogens with two attached hydrogens (primary N) is 1. The molecule has 1 aliphatic heterocycles. The zero-order chi connectivity index (χ0) is 15.2. The number of hydrogen-bond donors (Lipinski definition) is 1. The van der Waals surface area contributed by atoms with E-state index in [-0.39, 0.29) is 12.5 Å². The van der Waals surface area contributed by atoms with E-state index in [0.717, 1.165) is 19.4 Å². The van der Waals surface area contributed by atoms with E-state index < -0.39 is 11.7 Å². The smallest absolute Gasteiger partial charge is 0.368 e. The highest BCUT2D eigenvalue weighted by molar-refractivity contribution is 5.54. The van der Waals surface area contributed by atoms with Crippen molar-refractivity contribution in [2.75, 3.05) is 11.4 Å². The minimum absolute atomic E-state index is 0.251. The molecule has 1 heterocycles. The largest absolute Gasteiger partial charge is 0.416 e. The van der Waals surface area contributed by atoms with Gasteiger partial charge in [0.15, 0.2) is 0 Å². The molecule has 1 saturated heterocycles. The fourth-order valence-electron chi connectivity index (χ4n) is 3.77. The summed E-state index contributed by atoms with van der Waals surface area (Å²) >= 11 is 0. The van der Waals surface area contributed by atoms with Gasteiger partial charge in [0.05, 0.1) is 5.56 Å². The molecule has 1 saturated carbocycles. The van der Waals surface area contributed by atoms with Gasteiger partial charge in [-0.3, -0.25) is 0 Å². The number of fused-ring (bicyclic) bond motifs is 2. The van der Waals surface area contributed by atoms with Crippen LogP contribution in [-0.4, -0.2) is 18.6 Å². The lowest BCUT2D eigenvalue weighted by molar-refractivity contribution is -0.138. The van der Waals surface area contributed by atoms with Gasteiger partial charge >= 0.3 is 6.18 Å². The fourth-order valence-corrected chi connectivity index (χ4v) is 3.77. The van der Waals surface area contributed by atoms with Crippen LogP contribution >= 0.6 is 0 Å². The normalized spacial score (nSPS) is 26.4. The molecule has 1 aromatic rings. The summed E-state index contributed by atoms with van der Waals surface area (Å²) < 4.78 is 39.9. The molecule has 21 heavy (non-hydrogen) atoms. The van der Waals surface area contributed by atoms with E-state index in [9.17, 15) is 13.2 Å². The third-order valence-corrected chi connectivity index (χ3v) is 4.68. The molecule has 0 radical (unpaired) electrons. The van der Waals surface area contributed by atoms with Crippen LogP contribution in [0.1, 0.15) is 37.3 Å². The number of anilines is 1. The minimum atomic E-state index is -4.32. The van der Waals surface area contributed by atoms with Crippen molar-refractivity contribution in [3.63, 3.8) is 0 Å². The summed E-state index contributed by atoms with van der Waals surface area (Å²) in [6.07, 6.45) is -0.618. The number of alkyl halides is 3. The van der Waals surface area contributed by atoms with Crippen LogP contribution in [0.15, 0.2) is 18.2 Å². The Kier molecular flexibility index (Phi) is 3.64. The highest BCUT2D eigenvalue weighted by Gasteiger charge is 2.39. The lowest BCUT2D eigenvalue weighted by Gasteiger charge is -2.30. The molecule has 2 aliphatic rings. The molecule has 116 valence electrons. The number of nitrogens with zero attached hydrogens (tertiary/aromatic N) is 1. The van der Waals surface area contributed by atoms with Crippen LogP contribution in [0.3, 0.4) is 0 Å². The van der Waals surface area contributed by atoms with Crippen molar-refractivity contribution in [2.24, 2.45) is 11.7 Å². The molecule has 3 rings (SSSR count). The Hall–Kier alpha value is -1.23. The molecule has 2 fully saturated rings.